The normalized spacial score (nSPS) is 14.8. The smallest absolute Gasteiger partial charge is 0.250 e. The Morgan fingerprint density at radius 3 is 2.50 bits per heavy atom. The number of carbonyl (C=O) groups is 2. The number of primary amides is 1. The van der Waals surface area contributed by atoms with Crippen LogP contribution in [-0.4, -0.2) is 49.4 Å². The number of aryl methyl sites for hydroxylation is 1. The second-order valence-electron chi connectivity index (χ2n) is 7.08. The van der Waals surface area contributed by atoms with Gasteiger partial charge in [0, 0.05) is 37.6 Å². The van der Waals surface area contributed by atoms with Crippen molar-refractivity contribution in [2.45, 2.75) is 13.8 Å². The molecule has 0 aromatic heterocycles. The molecule has 7 heteroatoms. The molecule has 0 atom stereocenters. The van der Waals surface area contributed by atoms with Crippen molar-refractivity contribution in [3.05, 3.63) is 58.9 Å². The first-order chi connectivity index (χ1) is 13.3. The number of carbonyl (C=O) groups excluding carboxylic acids is 2. The van der Waals surface area contributed by atoms with Gasteiger partial charge in [0.25, 0.3) is 5.91 Å². The number of benzene rings is 2. The van der Waals surface area contributed by atoms with Gasteiger partial charge in [-0.3, -0.25) is 14.5 Å². The predicted octanol–water partition coefficient (Wildman–Crippen LogP) is 2.30. The molecule has 6 nitrogen and oxygen atoms in total. The summed E-state index contributed by atoms with van der Waals surface area (Å²) in [5, 5.41) is 2.97. The summed E-state index contributed by atoms with van der Waals surface area (Å²) in [5.41, 5.74) is 9.23. The zero-order valence-corrected chi connectivity index (χ0v) is 16.2. The summed E-state index contributed by atoms with van der Waals surface area (Å²) in [4.78, 5) is 28.1. The third-order valence-corrected chi connectivity index (χ3v) is 5.18. The molecule has 1 aliphatic rings. The fourth-order valence-corrected chi connectivity index (χ4v) is 3.41. The molecule has 148 valence electrons. The number of nitrogens with one attached hydrogen (secondary N) is 1. The van der Waals surface area contributed by atoms with Crippen LogP contribution in [0.4, 0.5) is 15.8 Å². The second kappa shape index (κ2) is 8.39. The molecular weight excluding hydrogens is 359 g/mol. The van der Waals surface area contributed by atoms with Gasteiger partial charge in [-0.2, -0.15) is 0 Å². The van der Waals surface area contributed by atoms with Crippen LogP contribution >= 0.6 is 0 Å². The van der Waals surface area contributed by atoms with Crippen LogP contribution in [0.25, 0.3) is 0 Å². The summed E-state index contributed by atoms with van der Waals surface area (Å²) in [6.45, 7) is 6.88. The van der Waals surface area contributed by atoms with Gasteiger partial charge in [-0.05, 0) is 49.2 Å². The summed E-state index contributed by atoms with van der Waals surface area (Å²) < 4.78 is 13.4. The van der Waals surface area contributed by atoms with E-state index >= 15 is 0 Å². The zero-order chi connectivity index (χ0) is 20.3. The molecule has 1 fully saturated rings. The summed E-state index contributed by atoms with van der Waals surface area (Å²) >= 11 is 0. The third kappa shape index (κ3) is 4.48. The van der Waals surface area contributed by atoms with Gasteiger partial charge in [0.15, 0.2) is 0 Å². The van der Waals surface area contributed by atoms with E-state index in [2.05, 4.69) is 10.2 Å². The van der Waals surface area contributed by atoms with E-state index in [1.165, 1.54) is 12.1 Å². The van der Waals surface area contributed by atoms with Crippen molar-refractivity contribution in [3.8, 4) is 0 Å². The van der Waals surface area contributed by atoms with Crippen LogP contribution in [0, 0.1) is 19.7 Å². The van der Waals surface area contributed by atoms with Crippen LogP contribution in [-0.2, 0) is 4.79 Å². The van der Waals surface area contributed by atoms with Crippen LogP contribution in [0.15, 0.2) is 36.4 Å². The summed E-state index contributed by atoms with van der Waals surface area (Å²) in [6.07, 6.45) is 0. The summed E-state index contributed by atoms with van der Waals surface area (Å²) in [7, 11) is 0. The van der Waals surface area contributed by atoms with E-state index in [4.69, 9.17) is 5.73 Å². The maximum absolute atomic E-state index is 13.4. The molecule has 2 aromatic rings. The number of piperazine rings is 1. The molecule has 28 heavy (non-hydrogen) atoms. The Hall–Kier alpha value is -2.93. The third-order valence-electron chi connectivity index (χ3n) is 5.18. The van der Waals surface area contributed by atoms with Gasteiger partial charge >= 0.3 is 0 Å². The number of anilines is 2. The molecule has 1 saturated heterocycles. The quantitative estimate of drug-likeness (QED) is 0.829. The van der Waals surface area contributed by atoms with Crippen LogP contribution in [0.1, 0.15) is 21.5 Å². The Morgan fingerprint density at radius 1 is 1.11 bits per heavy atom. The van der Waals surface area contributed by atoms with Crippen LogP contribution in [0.5, 0.6) is 0 Å². The van der Waals surface area contributed by atoms with E-state index in [-0.39, 0.29) is 11.5 Å². The second-order valence-corrected chi connectivity index (χ2v) is 7.08. The molecule has 0 spiro atoms. The molecule has 1 heterocycles. The lowest BCUT2D eigenvalue weighted by Gasteiger charge is -2.36. The lowest BCUT2D eigenvalue weighted by molar-refractivity contribution is -0.117. The topological polar surface area (TPSA) is 78.7 Å². The molecule has 0 saturated carbocycles. The average Bonchev–Trinajstić information content (AvgIpc) is 2.66. The number of hydrogen-bond acceptors (Lipinski definition) is 4. The molecule has 2 amide bonds. The molecule has 1 aliphatic heterocycles. The highest BCUT2D eigenvalue weighted by atomic mass is 19.1. The maximum atomic E-state index is 13.4. The zero-order valence-electron chi connectivity index (χ0n) is 16.2. The van der Waals surface area contributed by atoms with Crippen molar-refractivity contribution < 1.29 is 14.0 Å². The lowest BCUT2D eigenvalue weighted by Crippen LogP contribution is -2.49. The molecule has 0 radical (unpaired) electrons. The van der Waals surface area contributed by atoms with Crippen LogP contribution < -0.4 is 16.0 Å². The molecular formula is C21H25FN4O2. The van der Waals surface area contributed by atoms with Crippen molar-refractivity contribution in [3.63, 3.8) is 0 Å². The molecule has 3 N–H and O–H groups in total. The number of nitrogens with zero attached hydrogens (tertiary/aromatic N) is 2. The first-order valence-electron chi connectivity index (χ1n) is 9.28. The molecule has 0 bridgehead atoms. The van der Waals surface area contributed by atoms with Gasteiger partial charge in [-0.25, -0.2) is 4.39 Å². The van der Waals surface area contributed by atoms with Gasteiger partial charge < -0.3 is 16.0 Å². The van der Waals surface area contributed by atoms with E-state index in [1.807, 2.05) is 36.9 Å². The van der Waals surface area contributed by atoms with Crippen LogP contribution in [0.2, 0.25) is 0 Å². The first-order valence-corrected chi connectivity index (χ1v) is 9.28. The highest BCUT2D eigenvalue weighted by Gasteiger charge is 2.22. The molecule has 0 aliphatic carbocycles. The van der Waals surface area contributed by atoms with E-state index in [9.17, 15) is 14.0 Å². The minimum absolute atomic E-state index is 0.0539. The maximum Gasteiger partial charge on any atom is 0.250 e. The number of halogens is 1. The number of nitrogens with two attached hydrogens (primary N) is 1. The van der Waals surface area contributed by atoms with Gasteiger partial charge in [-0.1, -0.05) is 12.1 Å². The molecule has 3 rings (SSSR count). The van der Waals surface area contributed by atoms with Gasteiger partial charge in [0.05, 0.1) is 12.1 Å². The minimum Gasteiger partial charge on any atom is -0.368 e. The standard InChI is InChI=1S/C21H25FN4O2/c1-14-4-3-5-18(15(14)2)24-20(27)13-25-8-10-26(11-9-25)19-7-6-16(22)12-17(19)21(23)28/h3-7,12H,8-11,13H2,1-2H3,(H2,23,28)(H,24,27). The number of rotatable bonds is 5. The fraction of sp³-hybridized carbons (Fsp3) is 0.333. The van der Waals surface area contributed by atoms with Crippen molar-refractivity contribution >= 4 is 23.2 Å². The highest BCUT2D eigenvalue weighted by Crippen LogP contribution is 2.23. The molecule has 0 unspecified atom stereocenters. The number of hydrogen-bond donors (Lipinski definition) is 2. The van der Waals surface area contributed by atoms with Gasteiger partial charge in [0.2, 0.25) is 5.91 Å². The first kappa shape index (κ1) is 19.8. The lowest BCUT2D eigenvalue weighted by atomic mass is 10.1. The van der Waals surface area contributed by atoms with Crippen molar-refractivity contribution in [1.29, 1.82) is 0 Å². The Balaban J connectivity index is 1.58. The summed E-state index contributed by atoms with van der Waals surface area (Å²) in [5.74, 6) is -1.19. The van der Waals surface area contributed by atoms with Crippen molar-refractivity contribution in [2.75, 3.05) is 42.9 Å². The van der Waals surface area contributed by atoms with Crippen molar-refractivity contribution in [1.82, 2.24) is 4.90 Å². The largest absolute Gasteiger partial charge is 0.368 e. The Morgan fingerprint density at radius 2 is 1.82 bits per heavy atom. The Bertz CT molecular complexity index is 892. The van der Waals surface area contributed by atoms with E-state index in [0.29, 0.717) is 38.4 Å². The monoisotopic (exact) mass is 384 g/mol. The highest BCUT2D eigenvalue weighted by molar-refractivity contribution is 5.98. The average molecular weight is 384 g/mol. The van der Waals surface area contributed by atoms with E-state index in [1.54, 1.807) is 6.07 Å². The van der Waals surface area contributed by atoms with Crippen molar-refractivity contribution in [2.24, 2.45) is 5.73 Å². The van der Waals surface area contributed by atoms with Gasteiger partial charge in [0.1, 0.15) is 5.82 Å². The van der Waals surface area contributed by atoms with Crippen LogP contribution in [0.3, 0.4) is 0 Å². The Kier molecular flexibility index (Phi) is 5.94. The predicted molar refractivity (Wildman–Crippen MR) is 108 cm³/mol. The molecule has 2 aromatic carbocycles. The minimum atomic E-state index is -0.648. The fourth-order valence-electron chi connectivity index (χ4n) is 3.41. The number of amides is 2. The van der Waals surface area contributed by atoms with E-state index < -0.39 is 11.7 Å². The Labute approximate surface area is 164 Å². The van der Waals surface area contributed by atoms with Gasteiger partial charge in [-0.15, -0.1) is 0 Å². The SMILES string of the molecule is Cc1cccc(NC(=O)CN2CCN(c3ccc(F)cc3C(N)=O)CC2)c1C. The van der Waals surface area contributed by atoms with E-state index in [0.717, 1.165) is 16.8 Å². The summed E-state index contributed by atoms with van der Waals surface area (Å²) in [6, 6.07) is 9.92.